The fraction of sp³-hybridized carbons (Fsp3) is 0.211. The summed E-state index contributed by atoms with van der Waals surface area (Å²) in [7, 11) is 0. The van der Waals surface area contributed by atoms with Crippen molar-refractivity contribution >= 4 is 16.7 Å². The molecule has 0 radical (unpaired) electrons. The molecular formula is C19H19NO4. The molecule has 0 saturated carbocycles. The van der Waals surface area contributed by atoms with Gasteiger partial charge >= 0.3 is 0 Å². The molecular weight excluding hydrogens is 306 g/mol. The molecule has 1 amide bonds. The molecule has 5 nitrogen and oxygen atoms in total. The number of hydrogen-bond donors (Lipinski definition) is 2. The molecule has 1 heterocycles. The van der Waals surface area contributed by atoms with Gasteiger partial charge in [0, 0.05) is 0 Å². The van der Waals surface area contributed by atoms with Crippen LogP contribution in [0.15, 0.2) is 65.3 Å². The first-order valence-electron chi connectivity index (χ1n) is 7.69. The van der Waals surface area contributed by atoms with E-state index in [0.717, 1.165) is 10.8 Å². The lowest BCUT2D eigenvalue weighted by Gasteiger charge is -2.21. The number of fused-ring (bicyclic) bond motifs is 1. The molecule has 1 unspecified atom stereocenters. The van der Waals surface area contributed by atoms with Crippen LogP contribution in [0.2, 0.25) is 0 Å². The second kappa shape index (κ2) is 6.76. The summed E-state index contributed by atoms with van der Waals surface area (Å²) in [6.07, 6.45) is 1.48. The molecule has 0 fully saturated rings. The second-order valence-corrected chi connectivity index (χ2v) is 5.83. The zero-order valence-electron chi connectivity index (χ0n) is 13.4. The maximum Gasteiger partial charge on any atom is 0.258 e. The van der Waals surface area contributed by atoms with Gasteiger partial charge < -0.3 is 19.6 Å². The van der Waals surface area contributed by atoms with E-state index in [1.807, 2.05) is 42.5 Å². The van der Waals surface area contributed by atoms with Gasteiger partial charge in [0.05, 0.1) is 12.8 Å². The molecule has 0 spiro atoms. The molecule has 3 aromatic rings. The Balaban J connectivity index is 1.53. The second-order valence-electron chi connectivity index (χ2n) is 5.83. The minimum absolute atomic E-state index is 0.0421. The summed E-state index contributed by atoms with van der Waals surface area (Å²) in [5, 5.41) is 15.1. The van der Waals surface area contributed by atoms with Gasteiger partial charge in [-0.15, -0.1) is 0 Å². The van der Waals surface area contributed by atoms with Gasteiger partial charge in [0.1, 0.15) is 17.1 Å². The lowest BCUT2D eigenvalue weighted by Crippen LogP contribution is -2.40. The van der Waals surface area contributed by atoms with Crippen molar-refractivity contribution in [2.75, 3.05) is 13.2 Å². The molecule has 0 aliphatic heterocycles. The minimum Gasteiger partial charge on any atom is -0.484 e. The molecule has 2 N–H and O–H groups in total. The fourth-order valence-electron chi connectivity index (χ4n) is 2.40. The number of aliphatic hydroxyl groups is 1. The van der Waals surface area contributed by atoms with Crippen molar-refractivity contribution in [3.63, 3.8) is 0 Å². The average molecular weight is 325 g/mol. The van der Waals surface area contributed by atoms with E-state index in [-0.39, 0.29) is 19.1 Å². The third-order valence-corrected chi connectivity index (χ3v) is 3.77. The number of hydrogen-bond acceptors (Lipinski definition) is 4. The number of nitrogens with one attached hydrogen (secondary N) is 1. The van der Waals surface area contributed by atoms with Crippen LogP contribution in [0.25, 0.3) is 10.8 Å². The van der Waals surface area contributed by atoms with Crippen molar-refractivity contribution in [1.29, 1.82) is 0 Å². The number of benzene rings is 2. The topological polar surface area (TPSA) is 71.7 Å². The number of furan rings is 1. The molecule has 2 aromatic carbocycles. The molecule has 1 aromatic heterocycles. The van der Waals surface area contributed by atoms with Crippen molar-refractivity contribution in [3.8, 4) is 5.75 Å². The van der Waals surface area contributed by atoms with Crippen LogP contribution in [0, 0.1) is 0 Å². The monoisotopic (exact) mass is 325 g/mol. The molecule has 0 aliphatic carbocycles. The Morgan fingerprint density at radius 1 is 1.17 bits per heavy atom. The summed E-state index contributed by atoms with van der Waals surface area (Å²) in [4.78, 5) is 11.9. The van der Waals surface area contributed by atoms with Gasteiger partial charge in [0.25, 0.3) is 5.91 Å². The van der Waals surface area contributed by atoms with Crippen molar-refractivity contribution in [1.82, 2.24) is 5.32 Å². The van der Waals surface area contributed by atoms with Crippen molar-refractivity contribution in [2.45, 2.75) is 12.5 Å². The average Bonchev–Trinajstić information content (AvgIpc) is 3.13. The van der Waals surface area contributed by atoms with Crippen LogP contribution >= 0.6 is 0 Å². The van der Waals surface area contributed by atoms with Crippen molar-refractivity contribution in [3.05, 3.63) is 66.6 Å². The lowest BCUT2D eigenvalue weighted by molar-refractivity contribution is -0.124. The van der Waals surface area contributed by atoms with E-state index in [1.54, 1.807) is 19.1 Å². The first-order valence-corrected chi connectivity index (χ1v) is 7.69. The highest BCUT2D eigenvalue weighted by Crippen LogP contribution is 2.21. The Bertz CT molecular complexity index is 824. The zero-order valence-corrected chi connectivity index (χ0v) is 13.4. The van der Waals surface area contributed by atoms with E-state index < -0.39 is 5.60 Å². The quantitative estimate of drug-likeness (QED) is 0.731. The third-order valence-electron chi connectivity index (χ3n) is 3.77. The number of rotatable bonds is 6. The molecule has 24 heavy (non-hydrogen) atoms. The fourth-order valence-corrected chi connectivity index (χ4v) is 2.40. The standard InChI is InChI=1S/C19H19NO4/c1-19(22,17-7-4-10-23-17)13-20-18(21)12-24-16-9-8-14-5-2-3-6-15(14)11-16/h2-11,22H,12-13H2,1H3,(H,20,21). The number of carbonyl (C=O) groups excluding carboxylic acids is 1. The third kappa shape index (κ3) is 3.75. The molecule has 3 rings (SSSR count). The van der Waals surface area contributed by atoms with Gasteiger partial charge in [-0.05, 0) is 42.0 Å². The van der Waals surface area contributed by atoms with E-state index in [1.165, 1.54) is 6.26 Å². The first kappa shape index (κ1) is 16.1. The highest BCUT2D eigenvalue weighted by atomic mass is 16.5. The van der Waals surface area contributed by atoms with Crippen LogP contribution in [-0.4, -0.2) is 24.2 Å². The Morgan fingerprint density at radius 3 is 2.71 bits per heavy atom. The Morgan fingerprint density at radius 2 is 1.96 bits per heavy atom. The molecule has 5 heteroatoms. The van der Waals surface area contributed by atoms with Crippen LogP contribution in [-0.2, 0) is 10.4 Å². The smallest absolute Gasteiger partial charge is 0.258 e. The number of carbonyl (C=O) groups is 1. The van der Waals surface area contributed by atoms with E-state index in [4.69, 9.17) is 9.15 Å². The van der Waals surface area contributed by atoms with Crippen LogP contribution in [0.5, 0.6) is 5.75 Å². The van der Waals surface area contributed by atoms with Gasteiger partial charge in [0.15, 0.2) is 6.61 Å². The van der Waals surface area contributed by atoms with Gasteiger partial charge in [0.2, 0.25) is 0 Å². The Kier molecular flexibility index (Phi) is 4.53. The van der Waals surface area contributed by atoms with Crippen molar-refractivity contribution in [2.24, 2.45) is 0 Å². The Labute approximate surface area is 139 Å². The summed E-state index contributed by atoms with van der Waals surface area (Å²) in [6, 6.07) is 17.0. The van der Waals surface area contributed by atoms with E-state index in [9.17, 15) is 9.90 Å². The maximum absolute atomic E-state index is 11.9. The summed E-state index contributed by atoms with van der Waals surface area (Å²) in [5.41, 5.74) is -1.26. The number of amides is 1. The first-order chi connectivity index (χ1) is 11.5. The normalized spacial score (nSPS) is 13.4. The van der Waals surface area contributed by atoms with Gasteiger partial charge in [-0.2, -0.15) is 0 Å². The predicted molar refractivity (Wildman–Crippen MR) is 90.7 cm³/mol. The van der Waals surface area contributed by atoms with Crippen LogP contribution < -0.4 is 10.1 Å². The van der Waals surface area contributed by atoms with Gasteiger partial charge in [-0.25, -0.2) is 0 Å². The lowest BCUT2D eigenvalue weighted by atomic mass is 10.0. The summed E-state index contributed by atoms with van der Waals surface area (Å²) in [5.74, 6) is 0.717. The van der Waals surface area contributed by atoms with Crippen LogP contribution in [0.1, 0.15) is 12.7 Å². The van der Waals surface area contributed by atoms with Gasteiger partial charge in [-0.3, -0.25) is 4.79 Å². The van der Waals surface area contributed by atoms with Crippen LogP contribution in [0.3, 0.4) is 0 Å². The SMILES string of the molecule is CC(O)(CNC(=O)COc1ccc2ccccc2c1)c1ccco1. The summed E-state index contributed by atoms with van der Waals surface area (Å²) in [6.45, 7) is 1.50. The highest BCUT2D eigenvalue weighted by molar-refractivity contribution is 5.84. The van der Waals surface area contributed by atoms with Gasteiger partial charge in [-0.1, -0.05) is 30.3 Å². The molecule has 0 saturated heterocycles. The highest BCUT2D eigenvalue weighted by Gasteiger charge is 2.26. The largest absolute Gasteiger partial charge is 0.484 e. The van der Waals surface area contributed by atoms with E-state index >= 15 is 0 Å². The van der Waals surface area contributed by atoms with Crippen molar-refractivity contribution < 1.29 is 19.1 Å². The molecule has 0 bridgehead atoms. The Hall–Kier alpha value is -2.79. The summed E-state index contributed by atoms with van der Waals surface area (Å²) < 4.78 is 10.7. The molecule has 0 aliphatic rings. The predicted octanol–water partition coefficient (Wildman–Crippen LogP) is 2.84. The maximum atomic E-state index is 11.9. The minimum atomic E-state index is -1.26. The van der Waals surface area contributed by atoms with Crippen LogP contribution in [0.4, 0.5) is 0 Å². The summed E-state index contributed by atoms with van der Waals surface area (Å²) >= 11 is 0. The number of ether oxygens (including phenoxy) is 1. The van der Waals surface area contributed by atoms with E-state index in [2.05, 4.69) is 5.32 Å². The van der Waals surface area contributed by atoms with E-state index in [0.29, 0.717) is 11.5 Å². The zero-order chi connectivity index (χ0) is 17.0. The molecule has 1 atom stereocenters. The molecule has 124 valence electrons.